The molecule has 0 aromatic heterocycles. The number of carbonyl (C=O) groups excluding carboxylic acids is 1. The van der Waals surface area contributed by atoms with E-state index in [4.69, 9.17) is 14.3 Å². The Hall–Kier alpha value is -3.09. The predicted octanol–water partition coefficient (Wildman–Crippen LogP) is 3.50. The number of hydrogen-bond acceptors (Lipinski definition) is 6. The van der Waals surface area contributed by atoms with Gasteiger partial charge in [-0.2, -0.15) is 0 Å². The summed E-state index contributed by atoms with van der Waals surface area (Å²) < 4.78 is 30.1. The van der Waals surface area contributed by atoms with Crippen molar-refractivity contribution in [1.29, 1.82) is 0 Å². The summed E-state index contributed by atoms with van der Waals surface area (Å²) in [5.41, 5.74) is 1.92. The van der Waals surface area contributed by atoms with Crippen molar-refractivity contribution in [3.63, 3.8) is 0 Å². The van der Waals surface area contributed by atoms with Crippen LogP contribution in [0.4, 0.5) is 4.39 Å². The van der Waals surface area contributed by atoms with E-state index in [1.54, 1.807) is 25.3 Å². The zero-order chi connectivity index (χ0) is 18.7. The predicted molar refractivity (Wildman–Crippen MR) is 92.3 cm³/mol. The minimum Gasteiger partial charge on any atom is -0.497 e. The Morgan fingerprint density at radius 1 is 1.19 bits per heavy atom. The summed E-state index contributed by atoms with van der Waals surface area (Å²) in [5, 5.41) is 4.07. The fraction of sp³-hybridized carbons (Fsp3) is 0.263. The molecule has 3 rings (SSSR count). The largest absolute Gasteiger partial charge is 0.497 e. The van der Waals surface area contributed by atoms with E-state index in [0.29, 0.717) is 29.2 Å². The average Bonchev–Trinajstić information content (AvgIpc) is 2.66. The maximum atomic E-state index is 14.3. The highest BCUT2D eigenvalue weighted by Crippen LogP contribution is 2.37. The van der Waals surface area contributed by atoms with E-state index in [1.165, 1.54) is 26.4 Å². The summed E-state index contributed by atoms with van der Waals surface area (Å²) in [5.74, 6) is -0.197. The standard InChI is InChI=1S/C19H18FNO5/c1-23-12-5-7-14-16(21-25-3)10-17(26-18(14)9-12)11-4-6-13(15(20)8-11)19(22)24-2/h4-9,17H,10H2,1-3H3/t17-/m1/s1. The third-order valence-electron chi connectivity index (χ3n) is 4.12. The number of nitrogens with zero attached hydrogens (tertiary/aromatic N) is 1. The smallest absolute Gasteiger partial charge is 0.340 e. The van der Waals surface area contributed by atoms with E-state index >= 15 is 0 Å². The molecule has 0 radical (unpaired) electrons. The first-order valence-electron chi connectivity index (χ1n) is 7.90. The van der Waals surface area contributed by atoms with Gasteiger partial charge in [0.15, 0.2) is 0 Å². The minimum atomic E-state index is -0.727. The van der Waals surface area contributed by atoms with Gasteiger partial charge in [-0.25, -0.2) is 9.18 Å². The first-order chi connectivity index (χ1) is 12.6. The van der Waals surface area contributed by atoms with E-state index in [9.17, 15) is 9.18 Å². The van der Waals surface area contributed by atoms with Crippen molar-refractivity contribution in [3.05, 3.63) is 58.9 Å². The van der Waals surface area contributed by atoms with Gasteiger partial charge in [0.2, 0.25) is 0 Å². The van der Waals surface area contributed by atoms with Crippen molar-refractivity contribution in [2.45, 2.75) is 12.5 Å². The molecule has 1 heterocycles. The van der Waals surface area contributed by atoms with Crippen molar-refractivity contribution < 1.29 is 28.2 Å². The van der Waals surface area contributed by atoms with Gasteiger partial charge in [-0.15, -0.1) is 0 Å². The molecule has 2 aromatic rings. The van der Waals surface area contributed by atoms with Gasteiger partial charge in [-0.05, 0) is 29.8 Å². The molecule has 0 saturated heterocycles. The molecule has 2 aromatic carbocycles. The Morgan fingerprint density at radius 2 is 2.00 bits per heavy atom. The molecule has 136 valence electrons. The number of hydrogen-bond donors (Lipinski definition) is 0. The van der Waals surface area contributed by atoms with Crippen LogP contribution in [0.5, 0.6) is 11.5 Å². The Labute approximate surface area is 150 Å². The Balaban J connectivity index is 1.98. The second-order valence-electron chi connectivity index (χ2n) is 5.62. The number of rotatable bonds is 4. The zero-order valence-corrected chi connectivity index (χ0v) is 14.6. The Morgan fingerprint density at radius 3 is 2.65 bits per heavy atom. The van der Waals surface area contributed by atoms with Crippen LogP contribution in [0.2, 0.25) is 0 Å². The summed E-state index contributed by atoms with van der Waals surface area (Å²) in [6, 6.07) is 9.67. The van der Waals surface area contributed by atoms with Crippen LogP contribution in [0.15, 0.2) is 41.6 Å². The molecular weight excluding hydrogens is 341 g/mol. The molecule has 0 bridgehead atoms. The van der Waals surface area contributed by atoms with Gasteiger partial charge in [0.25, 0.3) is 0 Å². The lowest BCUT2D eigenvalue weighted by atomic mass is 9.95. The quantitative estimate of drug-likeness (QED) is 0.617. The summed E-state index contributed by atoms with van der Waals surface area (Å²) in [6.07, 6.45) is -0.0887. The van der Waals surface area contributed by atoms with Gasteiger partial charge in [0.1, 0.15) is 30.5 Å². The van der Waals surface area contributed by atoms with Crippen LogP contribution in [-0.4, -0.2) is 33.0 Å². The second kappa shape index (κ2) is 7.43. The van der Waals surface area contributed by atoms with Crippen molar-refractivity contribution in [1.82, 2.24) is 0 Å². The molecule has 1 atom stereocenters. The second-order valence-corrected chi connectivity index (χ2v) is 5.62. The SMILES string of the molecule is CON=C1C[C@H](c2ccc(C(=O)OC)c(F)c2)Oc2cc(OC)ccc21. The first kappa shape index (κ1) is 17.7. The third-order valence-corrected chi connectivity index (χ3v) is 4.12. The molecule has 7 heteroatoms. The van der Waals surface area contributed by atoms with Crippen molar-refractivity contribution in [3.8, 4) is 11.5 Å². The highest BCUT2D eigenvalue weighted by molar-refractivity contribution is 6.04. The normalized spacial score (nSPS) is 17.2. The fourth-order valence-electron chi connectivity index (χ4n) is 2.84. The molecule has 0 N–H and O–H groups in total. The number of benzene rings is 2. The van der Waals surface area contributed by atoms with Crippen molar-refractivity contribution in [2.75, 3.05) is 21.3 Å². The first-order valence-corrected chi connectivity index (χ1v) is 7.90. The van der Waals surface area contributed by atoms with Gasteiger partial charge in [-0.3, -0.25) is 0 Å². The topological polar surface area (TPSA) is 66.4 Å². The summed E-state index contributed by atoms with van der Waals surface area (Å²) >= 11 is 0. The van der Waals surface area contributed by atoms with E-state index < -0.39 is 17.9 Å². The number of methoxy groups -OCH3 is 2. The fourth-order valence-corrected chi connectivity index (χ4v) is 2.84. The number of oxime groups is 1. The van der Waals surface area contributed by atoms with Gasteiger partial charge >= 0.3 is 5.97 Å². The lowest BCUT2D eigenvalue weighted by molar-refractivity contribution is 0.0595. The molecule has 0 fully saturated rings. The van der Waals surface area contributed by atoms with Crippen molar-refractivity contribution >= 4 is 11.7 Å². The number of carbonyl (C=O) groups is 1. The van der Waals surface area contributed by atoms with Gasteiger partial charge in [0, 0.05) is 18.1 Å². The Bertz CT molecular complexity index is 865. The lowest BCUT2D eigenvalue weighted by Gasteiger charge is -2.27. The van der Waals surface area contributed by atoms with Gasteiger partial charge in [-0.1, -0.05) is 11.2 Å². The van der Waals surface area contributed by atoms with Gasteiger partial charge in [0.05, 0.1) is 25.5 Å². The molecule has 0 amide bonds. The number of fused-ring (bicyclic) bond motifs is 1. The van der Waals surface area contributed by atoms with Crippen LogP contribution < -0.4 is 9.47 Å². The van der Waals surface area contributed by atoms with E-state index in [1.807, 2.05) is 6.07 Å². The van der Waals surface area contributed by atoms with Crippen LogP contribution in [0.1, 0.15) is 34.0 Å². The number of ether oxygens (including phenoxy) is 3. The third kappa shape index (κ3) is 3.33. The maximum Gasteiger partial charge on any atom is 0.340 e. The summed E-state index contributed by atoms with van der Waals surface area (Å²) in [6.45, 7) is 0. The molecule has 0 saturated carbocycles. The molecule has 0 aliphatic carbocycles. The van der Waals surface area contributed by atoms with Gasteiger partial charge < -0.3 is 19.0 Å². The van der Waals surface area contributed by atoms with E-state index in [2.05, 4.69) is 9.89 Å². The molecule has 1 aliphatic heterocycles. The van der Waals surface area contributed by atoms with Crippen molar-refractivity contribution in [2.24, 2.45) is 5.16 Å². The maximum absolute atomic E-state index is 14.3. The molecule has 26 heavy (non-hydrogen) atoms. The van der Waals surface area contributed by atoms with Crippen LogP contribution in [0.25, 0.3) is 0 Å². The highest BCUT2D eigenvalue weighted by Gasteiger charge is 2.28. The van der Waals surface area contributed by atoms with E-state index in [-0.39, 0.29) is 5.56 Å². The van der Waals surface area contributed by atoms with Crippen LogP contribution in [0, 0.1) is 5.82 Å². The Kier molecular flexibility index (Phi) is 5.06. The van der Waals surface area contributed by atoms with Crippen LogP contribution >= 0.6 is 0 Å². The van der Waals surface area contributed by atoms with Crippen LogP contribution in [-0.2, 0) is 9.57 Å². The molecular formula is C19H18FNO5. The molecule has 0 spiro atoms. The monoisotopic (exact) mass is 359 g/mol. The number of halogens is 1. The van der Waals surface area contributed by atoms with Crippen LogP contribution in [0.3, 0.4) is 0 Å². The minimum absolute atomic E-state index is 0.125. The summed E-state index contributed by atoms with van der Waals surface area (Å²) in [4.78, 5) is 16.5. The molecule has 6 nitrogen and oxygen atoms in total. The lowest BCUT2D eigenvalue weighted by Crippen LogP contribution is -2.21. The highest BCUT2D eigenvalue weighted by atomic mass is 19.1. The summed E-state index contributed by atoms with van der Waals surface area (Å²) in [7, 11) is 4.23. The zero-order valence-electron chi connectivity index (χ0n) is 14.6. The average molecular weight is 359 g/mol. The molecule has 0 unspecified atom stereocenters. The number of esters is 1. The van der Waals surface area contributed by atoms with E-state index in [0.717, 1.165) is 5.56 Å². The molecule has 1 aliphatic rings.